The molecule has 1 rings (SSSR count). The van der Waals surface area contributed by atoms with Gasteiger partial charge in [0.25, 0.3) is 0 Å². The van der Waals surface area contributed by atoms with Gasteiger partial charge in [0.15, 0.2) is 9.84 Å². The van der Waals surface area contributed by atoms with Crippen molar-refractivity contribution in [2.45, 2.75) is 25.2 Å². The highest BCUT2D eigenvalue weighted by atomic mass is 32.2. The number of amides is 1. The number of carbonyl (C=O) groups is 1. The molecule has 100 valence electrons. The van der Waals surface area contributed by atoms with E-state index in [0.717, 1.165) is 0 Å². The first-order valence-corrected chi connectivity index (χ1v) is 7.61. The maximum atomic E-state index is 11.9. The van der Waals surface area contributed by atoms with Crippen LogP contribution in [-0.4, -0.2) is 26.6 Å². The molecule has 0 aliphatic heterocycles. The highest BCUT2D eigenvalue weighted by Gasteiger charge is 2.14. The highest BCUT2D eigenvalue weighted by Crippen LogP contribution is 2.09. The first-order valence-electron chi connectivity index (χ1n) is 5.96. The number of hydrogen-bond acceptors (Lipinski definition) is 3. The molecule has 0 radical (unpaired) electrons. The monoisotopic (exact) mass is 269 g/mol. The molecule has 4 nitrogen and oxygen atoms in total. The van der Waals surface area contributed by atoms with E-state index in [9.17, 15) is 13.2 Å². The smallest absolute Gasteiger partial charge is 0.220 e. The zero-order chi connectivity index (χ0) is 13.6. The standard InChI is InChI=1S/C13H19NO3S/c1-11(2)10-13(15)14-8-9-18(16,17)12-6-4-3-5-7-12/h3-7,11H,8-10H2,1-2H3,(H,14,15). The Hall–Kier alpha value is -1.36. The molecule has 0 saturated carbocycles. The molecule has 0 saturated heterocycles. The van der Waals surface area contributed by atoms with Crippen molar-refractivity contribution in [2.24, 2.45) is 5.92 Å². The number of hydrogen-bond donors (Lipinski definition) is 1. The fraction of sp³-hybridized carbons (Fsp3) is 0.462. The minimum atomic E-state index is -3.30. The maximum Gasteiger partial charge on any atom is 0.220 e. The molecule has 1 N–H and O–H groups in total. The molecule has 1 aromatic rings. The second-order valence-electron chi connectivity index (χ2n) is 4.58. The van der Waals surface area contributed by atoms with Gasteiger partial charge in [0.2, 0.25) is 5.91 Å². The van der Waals surface area contributed by atoms with E-state index < -0.39 is 9.84 Å². The molecule has 0 unspecified atom stereocenters. The van der Waals surface area contributed by atoms with Crippen LogP contribution in [0.15, 0.2) is 35.2 Å². The molecule has 1 amide bonds. The van der Waals surface area contributed by atoms with Crippen LogP contribution >= 0.6 is 0 Å². The van der Waals surface area contributed by atoms with Gasteiger partial charge >= 0.3 is 0 Å². The lowest BCUT2D eigenvalue weighted by atomic mass is 10.1. The van der Waals surface area contributed by atoms with Gasteiger partial charge in [-0.3, -0.25) is 4.79 Å². The summed E-state index contributed by atoms with van der Waals surface area (Å²) in [6, 6.07) is 8.26. The summed E-state index contributed by atoms with van der Waals surface area (Å²) in [5.74, 6) is 0.102. The van der Waals surface area contributed by atoms with Crippen molar-refractivity contribution in [3.63, 3.8) is 0 Å². The predicted molar refractivity (Wildman–Crippen MR) is 71.0 cm³/mol. The summed E-state index contributed by atoms with van der Waals surface area (Å²) in [6.45, 7) is 4.05. The van der Waals surface area contributed by atoms with E-state index >= 15 is 0 Å². The van der Waals surface area contributed by atoms with Crippen LogP contribution in [-0.2, 0) is 14.6 Å². The van der Waals surface area contributed by atoms with Gasteiger partial charge in [0, 0.05) is 13.0 Å². The average molecular weight is 269 g/mol. The van der Waals surface area contributed by atoms with E-state index in [4.69, 9.17) is 0 Å². The molecule has 0 atom stereocenters. The van der Waals surface area contributed by atoms with Crippen molar-refractivity contribution in [3.05, 3.63) is 30.3 Å². The van der Waals surface area contributed by atoms with Gasteiger partial charge in [-0.2, -0.15) is 0 Å². The van der Waals surface area contributed by atoms with E-state index in [1.807, 2.05) is 13.8 Å². The number of carbonyl (C=O) groups excluding carboxylic acids is 1. The Morgan fingerprint density at radius 1 is 1.22 bits per heavy atom. The summed E-state index contributed by atoms with van der Waals surface area (Å²) in [5, 5.41) is 2.62. The third kappa shape index (κ3) is 4.87. The lowest BCUT2D eigenvalue weighted by molar-refractivity contribution is -0.121. The van der Waals surface area contributed by atoms with E-state index in [1.165, 1.54) is 0 Å². The van der Waals surface area contributed by atoms with Gasteiger partial charge in [0.05, 0.1) is 10.6 Å². The summed E-state index contributed by atoms with van der Waals surface area (Å²) >= 11 is 0. The topological polar surface area (TPSA) is 63.2 Å². The first kappa shape index (κ1) is 14.7. The number of rotatable bonds is 6. The highest BCUT2D eigenvalue weighted by molar-refractivity contribution is 7.91. The van der Waals surface area contributed by atoms with Crippen molar-refractivity contribution in [1.29, 1.82) is 0 Å². The Bertz CT molecular complexity index is 480. The number of sulfone groups is 1. The number of benzene rings is 1. The lowest BCUT2D eigenvalue weighted by Gasteiger charge is -2.07. The van der Waals surface area contributed by atoms with Crippen molar-refractivity contribution < 1.29 is 13.2 Å². The largest absolute Gasteiger partial charge is 0.355 e. The van der Waals surface area contributed by atoms with Gasteiger partial charge in [0.1, 0.15) is 0 Å². The van der Waals surface area contributed by atoms with Crippen molar-refractivity contribution in [3.8, 4) is 0 Å². The van der Waals surface area contributed by atoms with E-state index in [1.54, 1.807) is 30.3 Å². The van der Waals surface area contributed by atoms with Gasteiger partial charge < -0.3 is 5.32 Å². The van der Waals surface area contributed by atoms with Crippen molar-refractivity contribution in [1.82, 2.24) is 5.32 Å². The van der Waals surface area contributed by atoms with E-state index in [2.05, 4.69) is 5.32 Å². The second kappa shape index (κ2) is 6.54. The molecule has 0 aliphatic carbocycles. The van der Waals surface area contributed by atoms with Crippen LogP contribution in [0.25, 0.3) is 0 Å². The number of nitrogens with one attached hydrogen (secondary N) is 1. The molecular weight excluding hydrogens is 250 g/mol. The third-order valence-corrected chi connectivity index (χ3v) is 4.12. The van der Waals surface area contributed by atoms with Gasteiger partial charge in [-0.25, -0.2) is 8.42 Å². The molecule has 0 fully saturated rings. The van der Waals surface area contributed by atoms with Crippen molar-refractivity contribution in [2.75, 3.05) is 12.3 Å². The molecule has 0 heterocycles. The lowest BCUT2D eigenvalue weighted by Crippen LogP contribution is -2.29. The molecule has 0 spiro atoms. The normalized spacial score (nSPS) is 11.5. The fourth-order valence-electron chi connectivity index (χ4n) is 1.51. The van der Waals surface area contributed by atoms with Crippen LogP contribution in [0.5, 0.6) is 0 Å². The molecule has 0 bridgehead atoms. The van der Waals surface area contributed by atoms with Crippen LogP contribution < -0.4 is 5.32 Å². The van der Waals surface area contributed by atoms with Crippen LogP contribution in [0.3, 0.4) is 0 Å². The third-order valence-electron chi connectivity index (χ3n) is 2.39. The van der Waals surface area contributed by atoms with Crippen molar-refractivity contribution >= 4 is 15.7 Å². The minimum Gasteiger partial charge on any atom is -0.355 e. The average Bonchev–Trinajstić information content (AvgIpc) is 2.29. The Labute approximate surface area is 108 Å². The van der Waals surface area contributed by atoms with Crippen LogP contribution in [0.2, 0.25) is 0 Å². The molecule has 0 aliphatic rings. The Balaban J connectivity index is 2.47. The predicted octanol–water partition coefficient (Wildman–Crippen LogP) is 1.62. The second-order valence-corrected chi connectivity index (χ2v) is 6.69. The minimum absolute atomic E-state index is 0.0686. The van der Waals surface area contributed by atoms with Gasteiger partial charge in [-0.15, -0.1) is 0 Å². The zero-order valence-electron chi connectivity index (χ0n) is 10.7. The molecule has 18 heavy (non-hydrogen) atoms. The van der Waals surface area contributed by atoms with E-state index in [-0.39, 0.29) is 24.1 Å². The molecule has 1 aromatic carbocycles. The molecule has 0 aromatic heterocycles. The summed E-state index contributed by atoms with van der Waals surface area (Å²) in [4.78, 5) is 11.7. The summed E-state index contributed by atoms with van der Waals surface area (Å²) < 4.78 is 23.8. The van der Waals surface area contributed by atoms with Gasteiger partial charge in [-0.05, 0) is 18.1 Å². The summed E-state index contributed by atoms with van der Waals surface area (Å²) in [6.07, 6.45) is 0.422. The first-order chi connectivity index (χ1) is 8.42. The van der Waals surface area contributed by atoms with E-state index in [0.29, 0.717) is 11.3 Å². The van der Waals surface area contributed by atoms with Crippen LogP contribution in [0.4, 0.5) is 0 Å². The maximum absolute atomic E-state index is 11.9. The fourth-order valence-corrected chi connectivity index (χ4v) is 2.69. The Morgan fingerprint density at radius 3 is 2.39 bits per heavy atom. The quantitative estimate of drug-likeness (QED) is 0.853. The molecular formula is C13H19NO3S. The SMILES string of the molecule is CC(C)CC(=O)NCCS(=O)(=O)c1ccccc1. The Kier molecular flexibility index (Phi) is 5.34. The van der Waals surface area contributed by atoms with Crippen LogP contribution in [0, 0.1) is 5.92 Å². The zero-order valence-corrected chi connectivity index (χ0v) is 11.5. The Morgan fingerprint density at radius 2 is 1.83 bits per heavy atom. The summed E-state index contributed by atoms with van der Waals surface area (Å²) in [5.41, 5.74) is 0. The van der Waals surface area contributed by atoms with Crippen LogP contribution in [0.1, 0.15) is 20.3 Å². The molecule has 5 heteroatoms. The van der Waals surface area contributed by atoms with Gasteiger partial charge in [-0.1, -0.05) is 32.0 Å². The summed E-state index contributed by atoms with van der Waals surface area (Å²) in [7, 11) is -3.30.